The van der Waals surface area contributed by atoms with Gasteiger partial charge in [0.05, 0.1) is 23.3 Å². The molecule has 7 heteroatoms. The van der Waals surface area contributed by atoms with Crippen LogP contribution in [0.25, 0.3) is 0 Å². The quantitative estimate of drug-likeness (QED) is 0.900. The minimum absolute atomic E-state index is 0.0807. The second kappa shape index (κ2) is 5.54. The van der Waals surface area contributed by atoms with Crippen LogP contribution in [0.3, 0.4) is 0 Å². The Morgan fingerprint density at radius 3 is 2.76 bits per heavy atom. The lowest BCUT2D eigenvalue weighted by Crippen LogP contribution is -2.43. The summed E-state index contributed by atoms with van der Waals surface area (Å²) in [5.41, 5.74) is -2.32. The van der Waals surface area contributed by atoms with Crippen molar-refractivity contribution in [3.8, 4) is 6.07 Å². The summed E-state index contributed by atoms with van der Waals surface area (Å²) >= 11 is 0. The number of nitriles is 1. The van der Waals surface area contributed by atoms with Gasteiger partial charge < -0.3 is 15.2 Å². The van der Waals surface area contributed by atoms with Gasteiger partial charge in [0.25, 0.3) is 0 Å². The maximum Gasteiger partial charge on any atom is 0.417 e. The second-order valence-corrected chi connectivity index (χ2v) is 5.09. The molecule has 114 valence electrons. The van der Waals surface area contributed by atoms with Gasteiger partial charge in [-0.05, 0) is 25.1 Å². The van der Waals surface area contributed by atoms with E-state index in [1.807, 2.05) is 0 Å². The molecule has 1 aliphatic heterocycles. The molecule has 21 heavy (non-hydrogen) atoms. The standard InChI is InChI=1S/C14H15F3N2O2/c1-9-13(20,4-5-21-9)8-19-11-3-2-10(7-18)12(6-11)14(15,16)17/h2-3,6,9,19-20H,4-5,8H2,1H3. The van der Waals surface area contributed by atoms with Gasteiger partial charge in [0.15, 0.2) is 0 Å². The van der Waals surface area contributed by atoms with Crippen LogP contribution in [-0.4, -0.2) is 30.0 Å². The molecule has 1 fully saturated rings. The molecule has 1 aliphatic rings. The van der Waals surface area contributed by atoms with Gasteiger partial charge in [0.1, 0.15) is 5.60 Å². The minimum atomic E-state index is -4.59. The molecule has 0 bridgehead atoms. The van der Waals surface area contributed by atoms with E-state index >= 15 is 0 Å². The van der Waals surface area contributed by atoms with Gasteiger partial charge in [-0.1, -0.05) is 0 Å². The van der Waals surface area contributed by atoms with Crippen molar-refractivity contribution in [3.63, 3.8) is 0 Å². The number of anilines is 1. The molecule has 2 atom stereocenters. The van der Waals surface area contributed by atoms with E-state index in [9.17, 15) is 18.3 Å². The Kier molecular flexibility index (Phi) is 4.12. The number of ether oxygens (including phenoxy) is 1. The Morgan fingerprint density at radius 1 is 1.52 bits per heavy atom. The van der Waals surface area contributed by atoms with E-state index in [0.29, 0.717) is 13.0 Å². The number of hydrogen-bond donors (Lipinski definition) is 2. The zero-order chi connectivity index (χ0) is 15.7. The van der Waals surface area contributed by atoms with Crippen molar-refractivity contribution in [2.45, 2.75) is 31.2 Å². The SMILES string of the molecule is CC1OCCC1(O)CNc1ccc(C#N)c(C(F)(F)F)c1. The van der Waals surface area contributed by atoms with Gasteiger partial charge in [-0.25, -0.2) is 0 Å². The fraction of sp³-hybridized carbons (Fsp3) is 0.500. The fourth-order valence-corrected chi connectivity index (χ4v) is 2.24. The number of hydrogen-bond acceptors (Lipinski definition) is 4. The van der Waals surface area contributed by atoms with E-state index in [4.69, 9.17) is 10.00 Å². The average molecular weight is 300 g/mol. The summed E-state index contributed by atoms with van der Waals surface area (Å²) in [6.07, 6.45) is -4.56. The Hall–Kier alpha value is -1.78. The van der Waals surface area contributed by atoms with Gasteiger partial charge in [0, 0.05) is 25.3 Å². The normalized spacial score (nSPS) is 25.6. The lowest BCUT2D eigenvalue weighted by Gasteiger charge is -2.26. The van der Waals surface area contributed by atoms with Gasteiger partial charge in [-0.2, -0.15) is 18.4 Å². The van der Waals surface area contributed by atoms with Crippen molar-refractivity contribution >= 4 is 5.69 Å². The van der Waals surface area contributed by atoms with E-state index in [1.165, 1.54) is 12.1 Å². The Balaban J connectivity index is 2.17. The highest BCUT2D eigenvalue weighted by molar-refractivity contribution is 5.53. The molecule has 0 aromatic heterocycles. The number of rotatable bonds is 3. The first-order valence-corrected chi connectivity index (χ1v) is 6.45. The van der Waals surface area contributed by atoms with Gasteiger partial charge in [-0.15, -0.1) is 0 Å². The molecule has 0 spiro atoms. The molecule has 1 aromatic rings. The molecule has 0 radical (unpaired) electrons. The van der Waals surface area contributed by atoms with Crippen LogP contribution >= 0.6 is 0 Å². The van der Waals surface area contributed by atoms with Crippen LogP contribution in [0.4, 0.5) is 18.9 Å². The molecular formula is C14H15F3N2O2. The van der Waals surface area contributed by atoms with Crippen LogP contribution in [-0.2, 0) is 10.9 Å². The molecule has 2 unspecified atom stereocenters. The van der Waals surface area contributed by atoms with Crippen molar-refractivity contribution in [1.82, 2.24) is 0 Å². The smallest absolute Gasteiger partial charge is 0.385 e. The summed E-state index contributed by atoms with van der Waals surface area (Å²) in [5.74, 6) is 0. The predicted octanol–water partition coefficient (Wildman–Crippen LogP) is 2.53. The summed E-state index contributed by atoms with van der Waals surface area (Å²) in [7, 11) is 0. The van der Waals surface area contributed by atoms with E-state index in [1.54, 1.807) is 6.92 Å². The number of benzene rings is 1. The molecule has 2 N–H and O–H groups in total. The van der Waals surface area contributed by atoms with Crippen molar-refractivity contribution in [2.24, 2.45) is 0 Å². The predicted molar refractivity (Wildman–Crippen MR) is 69.6 cm³/mol. The van der Waals surface area contributed by atoms with Crippen LogP contribution < -0.4 is 5.32 Å². The minimum Gasteiger partial charge on any atom is -0.385 e. The van der Waals surface area contributed by atoms with Crippen LogP contribution in [0.5, 0.6) is 0 Å². The average Bonchev–Trinajstić information content (AvgIpc) is 2.75. The third-order valence-corrected chi connectivity index (χ3v) is 3.70. The van der Waals surface area contributed by atoms with Gasteiger partial charge >= 0.3 is 6.18 Å². The van der Waals surface area contributed by atoms with E-state index in [0.717, 1.165) is 12.1 Å². The summed E-state index contributed by atoms with van der Waals surface area (Å²) < 4.78 is 43.8. The summed E-state index contributed by atoms with van der Waals surface area (Å²) in [6.45, 7) is 2.21. The largest absolute Gasteiger partial charge is 0.417 e. The molecular weight excluding hydrogens is 285 g/mol. The molecule has 2 rings (SSSR count). The maximum atomic E-state index is 12.8. The molecule has 0 saturated carbocycles. The summed E-state index contributed by atoms with van der Waals surface area (Å²) in [4.78, 5) is 0. The lowest BCUT2D eigenvalue weighted by molar-refractivity contribution is -0.137. The van der Waals surface area contributed by atoms with Gasteiger partial charge in [0.2, 0.25) is 0 Å². The van der Waals surface area contributed by atoms with E-state index < -0.39 is 22.9 Å². The third kappa shape index (κ3) is 3.28. The number of nitrogens with one attached hydrogen (secondary N) is 1. The van der Waals surface area contributed by atoms with Crippen LogP contribution in [0.2, 0.25) is 0 Å². The lowest BCUT2D eigenvalue weighted by atomic mass is 9.96. The molecule has 1 saturated heterocycles. The molecule has 1 heterocycles. The Labute approximate surface area is 120 Å². The summed E-state index contributed by atoms with van der Waals surface area (Å²) in [5, 5.41) is 21.8. The fourth-order valence-electron chi connectivity index (χ4n) is 2.24. The Morgan fingerprint density at radius 2 is 2.24 bits per heavy atom. The first-order chi connectivity index (χ1) is 9.76. The molecule has 1 aromatic carbocycles. The van der Waals surface area contributed by atoms with Gasteiger partial charge in [-0.3, -0.25) is 0 Å². The highest BCUT2D eigenvalue weighted by Gasteiger charge is 2.39. The first kappa shape index (κ1) is 15.6. The van der Waals surface area contributed by atoms with Crippen LogP contribution in [0.15, 0.2) is 18.2 Å². The van der Waals surface area contributed by atoms with E-state index in [2.05, 4.69) is 5.32 Å². The Bertz CT molecular complexity index is 568. The topological polar surface area (TPSA) is 65.3 Å². The zero-order valence-electron chi connectivity index (χ0n) is 11.4. The summed E-state index contributed by atoms with van der Waals surface area (Å²) in [6, 6.07) is 4.90. The monoisotopic (exact) mass is 300 g/mol. The van der Waals surface area contributed by atoms with Crippen LogP contribution in [0, 0.1) is 11.3 Å². The number of nitrogens with zero attached hydrogens (tertiary/aromatic N) is 1. The molecule has 4 nitrogen and oxygen atoms in total. The maximum absolute atomic E-state index is 12.8. The van der Waals surface area contributed by atoms with Crippen molar-refractivity contribution in [3.05, 3.63) is 29.3 Å². The number of halogens is 3. The van der Waals surface area contributed by atoms with Crippen molar-refractivity contribution < 1.29 is 23.0 Å². The first-order valence-electron chi connectivity index (χ1n) is 6.45. The third-order valence-electron chi connectivity index (χ3n) is 3.70. The van der Waals surface area contributed by atoms with Crippen molar-refractivity contribution in [1.29, 1.82) is 5.26 Å². The van der Waals surface area contributed by atoms with Crippen LogP contribution in [0.1, 0.15) is 24.5 Å². The highest BCUT2D eigenvalue weighted by atomic mass is 19.4. The second-order valence-electron chi connectivity index (χ2n) is 5.09. The van der Waals surface area contributed by atoms with E-state index in [-0.39, 0.29) is 18.3 Å². The highest BCUT2D eigenvalue weighted by Crippen LogP contribution is 2.34. The number of alkyl halides is 3. The van der Waals surface area contributed by atoms with Crippen molar-refractivity contribution in [2.75, 3.05) is 18.5 Å². The number of aliphatic hydroxyl groups is 1. The molecule has 0 amide bonds. The zero-order valence-corrected chi connectivity index (χ0v) is 11.4. The molecule has 0 aliphatic carbocycles.